The zero-order valence-corrected chi connectivity index (χ0v) is 16.3. The first-order chi connectivity index (χ1) is 10.2. The summed E-state index contributed by atoms with van der Waals surface area (Å²) in [4.78, 5) is 4.20. The quantitative estimate of drug-likeness (QED) is 0.272. The topological polar surface area (TPSA) is 76.4 Å². The van der Waals surface area contributed by atoms with E-state index in [2.05, 4.69) is 37.3 Å². The summed E-state index contributed by atoms with van der Waals surface area (Å²) in [6.45, 7) is 9.39. The van der Waals surface area contributed by atoms with Gasteiger partial charge >= 0.3 is 0 Å². The van der Waals surface area contributed by atoms with E-state index in [4.69, 9.17) is 4.74 Å². The number of aliphatic imine (C=N–C) groups is 1. The minimum atomic E-state index is 0. The lowest BCUT2D eigenvalue weighted by molar-refractivity contribution is 0.0776. The summed E-state index contributed by atoms with van der Waals surface area (Å²) in [5.74, 6) is 1.82. The maximum atomic E-state index is 5.50. The molecule has 8 heteroatoms. The average molecular weight is 424 g/mol. The minimum Gasteiger partial charge on any atom is -0.379 e. The molecule has 0 saturated carbocycles. The van der Waals surface area contributed by atoms with Crippen molar-refractivity contribution in [1.29, 1.82) is 0 Å². The summed E-state index contributed by atoms with van der Waals surface area (Å²) in [6.07, 6.45) is 3.91. The van der Waals surface area contributed by atoms with Gasteiger partial charge in [-0.1, -0.05) is 6.92 Å². The molecule has 1 rings (SSSR count). The fraction of sp³-hybridized carbons (Fsp3) is 0.786. The lowest BCUT2D eigenvalue weighted by Crippen LogP contribution is -2.39. The molecule has 1 heterocycles. The van der Waals surface area contributed by atoms with E-state index in [1.807, 2.05) is 13.8 Å². The predicted octanol–water partition coefficient (Wildman–Crippen LogP) is 1.44. The first-order valence-electron chi connectivity index (χ1n) is 7.60. The van der Waals surface area contributed by atoms with Gasteiger partial charge in [-0.3, -0.25) is 4.99 Å². The molecule has 0 unspecified atom stereocenters. The van der Waals surface area contributed by atoms with E-state index in [0.717, 1.165) is 50.9 Å². The Hall–Kier alpha value is -0.900. The van der Waals surface area contributed by atoms with Crippen LogP contribution in [0.3, 0.4) is 0 Å². The van der Waals surface area contributed by atoms with Crippen molar-refractivity contribution in [3.63, 3.8) is 0 Å². The standard InChI is InChI=1S/C14H28N6O.HI/c1-5-13-19-18-11-20(13)9-8-17-14(15-4)16-7-6-10-21-12(2)3;/h11-12H,5-10H2,1-4H3,(H2,15,16,17);1H. The maximum Gasteiger partial charge on any atom is 0.191 e. The molecule has 22 heavy (non-hydrogen) atoms. The first-order valence-corrected chi connectivity index (χ1v) is 7.60. The van der Waals surface area contributed by atoms with E-state index < -0.39 is 0 Å². The van der Waals surface area contributed by atoms with Gasteiger partial charge in [0.2, 0.25) is 0 Å². The second kappa shape index (κ2) is 12.6. The number of hydrogen-bond acceptors (Lipinski definition) is 4. The lowest BCUT2D eigenvalue weighted by atomic mass is 10.4. The number of nitrogens with zero attached hydrogens (tertiary/aromatic N) is 4. The first kappa shape index (κ1) is 21.1. The normalized spacial score (nSPS) is 11.4. The Kier molecular flexibility index (Phi) is 12.1. The summed E-state index contributed by atoms with van der Waals surface area (Å²) >= 11 is 0. The van der Waals surface area contributed by atoms with Crippen molar-refractivity contribution in [2.24, 2.45) is 4.99 Å². The molecule has 7 nitrogen and oxygen atoms in total. The van der Waals surface area contributed by atoms with Crippen LogP contribution < -0.4 is 10.6 Å². The van der Waals surface area contributed by atoms with Crippen LogP contribution in [0.2, 0.25) is 0 Å². The van der Waals surface area contributed by atoms with Crippen molar-refractivity contribution in [3.05, 3.63) is 12.2 Å². The second-order valence-corrected chi connectivity index (χ2v) is 4.99. The predicted molar refractivity (Wildman–Crippen MR) is 99.9 cm³/mol. The highest BCUT2D eigenvalue weighted by molar-refractivity contribution is 14.0. The third-order valence-electron chi connectivity index (χ3n) is 2.95. The SMILES string of the molecule is CCc1nncn1CCNC(=NC)NCCCOC(C)C.I. The fourth-order valence-electron chi connectivity index (χ4n) is 1.85. The van der Waals surface area contributed by atoms with Gasteiger partial charge in [0.05, 0.1) is 6.10 Å². The van der Waals surface area contributed by atoms with Crippen molar-refractivity contribution in [2.45, 2.75) is 46.3 Å². The van der Waals surface area contributed by atoms with Crippen LogP contribution >= 0.6 is 24.0 Å². The van der Waals surface area contributed by atoms with Crippen molar-refractivity contribution in [3.8, 4) is 0 Å². The van der Waals surface area contributed by atoms with Crippen molar-refractivity contribution in [1.82, 2.24) is 25.4 Å². The van der Waals surface area contributed by atoms with Gasteiger partial charge in [-0.05, 0) is 20.3 Å². The number of hydrogen-bond donors (Lipinski definition) is 2. The number of aryl methyl sites for hydroxylation is 1. The van der Waals surface area contributed by atoms with Crippen LogP contribution in [0.25, 0.3) is 0 Å². The molecule has 0 aliphatic rings. The molecule has 0 amide bonds. The molecule has 0 saturated heterocycles. The van der Waals surface area contributed by atoms with Gasteiger partial charge in [-0.25, -0.2) is 0 Å². The Labute approximate surface area is 150 Å². The molecule has 0 bridgehead atoms. The highest BCUT2D eigenvalue weighted by Crippen LogP contribution is 1.94. The highest BCUT2D eigenvalue weighted by Gasteiger charge is 2.02. The van der Waals surface area contributed by atoms with Crippen LogP contribution in [-0.2, 0) is 17.7 Å². The summed E-state index contributed by atoms with van der Waals surface area (Å²) in [5.41, 5.74) is 0. The molecule has 1 aromatic heterocycles. The van der Waals surface area contributed by atoms with Gasteiger partial charge in [0, 0.05) is 39.7 Å². The molecule has 0 aliphatic heterocycles. The minimum absolute atomic E-state index is 0. The van der Waals surface area contributed by atoms with Gasteiger partial charge in [0.25, 0.3) is 0 Å². The van der Waals surface area contributed by atoms with Crippen molar-refractivity contribution < 1.29 is 4.74 Å². The van der Waals surface area contributed by atoms with E-state index >= 15 is 0 Å². The third-order valence-corrected chi connectivity index (χ3v) is 2.95. The van der Waals surface area contributed by atoms with Gasteiger partial charge in [-0.15, -0.1) is 34.2 Å². The number of halogens is 1. The van der Waals surface area contributed by atoms with E-state index in [1.54, 1.807) is 13.4 Å². The average Bonchev–Trinajstić information content (AvgIpc) is 2.92. The molecule has 128 valence electrons. The molecular weight excluding hydrogens is 395 g/mol. The fourth-order valence-corrected chi connectivity index (χ4v) is 1.85. The lowest BCUT2D eigenvalue weighted by Gasteiger charge is -2.13. The smallest absolute Gasteiger partial charge is 0.191 e. The zero-order chi connectivity index (χ0) is 15.5. The number of rotatable bonds is 9. The summed E-state index contributed by atoms with van der Waals surface area (Å²) in [6, 6.07) is 0. The number of ether oxygens (including phenoxy) is 1. The Morgan fingerprint density at radius 2 is 2.09 bits per heavy atom. The Bertz CT molecular complexity index is 421. The van der Waals surface area contributed by atoms with Gasteiger partial charge in [-0.2, -0.15) is 0 Å². The van der Waals surface area contributed by atoms with Crippen LogP contribution in [0, 0.1) is 0 Å². The van der Waals surface area contributed by atoms with Crippen LogP contribution in [0.15, 0.2) is 11.3 Å². The zero-order valence-electron chi connectivity index (χ0n) is 14.0. The van der Waals surface area contributed by atoms with Crippen LogP contribution in [0.1, 0.15) is 33.0 Å². The summed E-state index contributed by atoms with van der Waals surface area (Å²) in [5, 5.41) is 14.5. The Morgan fingerprint density at radius 1 is 1.36 bits per heavy atom. The summed E-state index contributed by atoms with van der Waals surface area (Å²) < 4.78 is 7.55. The van der Waals surface area contributed by atoms with E-state index in [9.17, 15) is 0 Å². The van der Waals surface area contributed by atoms with Crippen LogP contribution in [0.5, 0.6) is 0 Å². The van der Waals surface area contributed by atoms with Gasteiger partial charge < -0.3 is 19.9 Å². The monoisotopic (exact) mass is 424 g/mol. The number of aromatic nitrogens is 3. The molecule has 0 atom stereocenters. The van der Waals surface area contributed by atoms with E-state index in [-0.39, 0.29) is 24.0 Å². The third kappa shape index (κ3) is 8.52. The molecular formula is C14H29IN6O. The highest BCUT2D eigenvalue weighted by atomic mass is 127. The number of nitrogens with one attached hydrogen (secondary N) is 2. The summed E-state index contributed by atoms with van der Waals surface area (Å²) in [7, 11) is 1.77. The molecule has 0 aromatic carbocycles. The largest absolute Gasteiger partial charge is 0.379 e. The number of guanidine groups is 1. The van der Waals surface area contributed by atoms with E-state index in [1.165, 1.54) is 0 Å². The second-order valence-electron chi connectivity index (χ2n) is 4.99. The maximum absolute atomic E-state index is 5.50. The van der Waals surface area contributed by atoms with Crippen LogP contribution in [-0.4, -0.2) is 53.6 Å². The molecule has 0 aliphatic carbocycles. The van der Waals surface area contributed by atoms with Crippen LogP contribution in [0.4, 0.5) is 0 Å². The Balaban J connectivity index is 0.00000441. The molecule has 2 N–H and O–H groups in total. The Morgan fingerprint density at radius 3 is 2.73 bits per heavy atom. The molecule has 0 fully saturated rings. The molecule has 0 spiro atoms. The van der Waals surface area contributed by atoms with Crippen molar-refractivity contribution >= 4 is 29.9 Å². The van der Waals surface area contributed by atoms with Gasteiger partial charge in [0.15, 0.2) is 5.96 Å². The van der Waals surface area contributed by atoms with Gasteiger partial charge in [0.1, 0.15) is 12.2 Å². The van der Waals surface area contributed by atoms with E-state index in [0.29, 0.717) is 6.10 Å². The molecule has 1 aromatic rings. The van der Waals surface area contributed by atoms with Crippen molar-refractivity contribution in [2.75, 3.05) is 26.7 Å². The molecule has 0 radical (unpaired) electrons.